The molecule has 4 aliphatic carbocycles. The van der Waals surface area contributed by atoms with Crippen molar-refractivity contribution < 1.29 is 9.32 Å². The lowest BCUT2D eigenvalue weighted by atomic mass is 9.42. The molecule has 1 aromatic carbocycles. The Labute approximate surface area is 213 Å². The summed E-state index contributed by atoms with van der Waals surface area (Å²) in [5.74, 6) is 2.51. The van der Waals surface area contributed by atoms with Crippen molar-refractivity contribution in [1.29, 1.82) is 0 Å². The van der Waals surface area contributed by atoms with Gasteiger partial charge >= 0.3 is 0 Å². The van der Waals surface area contributed by atoms with Gasteiger partial charge in [-0.15, -0.1) is 0 Å². The first-order valence-electron chi connectivity index (χ1n) is 13.5. The maximum atomic E-state index is 13.6. The van der Waals surface area contributed by atoms with Crippen LogP contribution in [0.15, 0.2) is 28.8 Å². The SMILES string of the molecule is Cc1ccccc1Cn1nc(C)c(NC(=O)CC23C[C@H]4C[C@@H](C2)CC(c2c(C)noc2C)(C4)C3)c1C. The van der Waals surface area contributed by atoms with E-state index in [2.05, 4.69) is 62.4 Å². The van der Waals surface area contributed by atoms with E-state index in [-0.39, 0.29) is 16.7 Å². The Hall–Kier alpha value is -2.89. The fourth-order valence-corrected chi connectivity index (χ4v) is 8.70. The van der Waals surface area contributed by atoms with Gasteiger partial charge in [0.05, 0.1) is 29.3 Å². The molecule has 0 radical (unpaired) electrons. The third-order valence-electron chi connectivity index (χ3n) is 9.51. The van der Waals surface area contributed by atoms with Crippen molar-refractivity contribution in [2.75, 3.05) is 5.32 Å². The fraction of sp³-hybridized carbons (Fsp3) is 0.567. The molecule has 1 amide bonds. The average molecular weight is 487 g/mol. The maximum absolute atomic E-state index is 13.6. The number of anilines is 1. The Morgan fingerprint density at radius 1 is 1.06 bits per heavy atom. The lowest BCUT2D eigenvalue weighted by Gasteiger charge is -2.62. The number of rotatable bonds is 6. The number of carbonyl (C=O) groups is 1. The summed E-state index contributed by atoms with van der Waals surface area (Å²) in [5, 5.41) is 12.4. The molecule has 4 fully saturated rings. The number of aromatic nitrogens is 3. The molecule has 36 heavy (non-hydrogen) atoms. The zero-order valence-electron chi connectivity index (χ0n) is 22.3. The summed E-state index contributed by atoms with van der Waals surface area (Å²) in [6.07, 6.45) is 7.78. The van der Waals surface area contributed by atoms with Crippen LogP contribution < -0.4 is 5.32 Å². The Kier molecular flexibility index (Phi) is 5.43. The Morgan fingerprint density at radius 3 is 2.44 bits per heavy atom. The molecule has 6 heteroatoms. The van der Waals surface area contributed by atoms with Crippen LogP contribution in [0, 0.1) is 51.9 Å². The number of carbonyl (C=O) groups excluding carboxylic acids is 1. The van der Waals surface area contributed by atoms with Crippen molar-refractivity contribution in [2.45, 2.75) is 91.5 Å². The van der Waals surface area contributed by atoms with Gasteiger partial charge in [-0.2, -0.15) is 5.10 Å². The van der Waals surface area contributed by atoms with Crippen LogP contribution in [0.5, 0.6) is 0 Å². The van der Waals surface area contributed by atoms with E-state index in [0.717, 1.165) is 35.0 Å². The van der Waals surface area contributed by atoms with Gasteiger partial charge in [-0.1, -0.05) is 29.4 Å². The van der Waals surface area contributed by atoms with Crippen LogP contribution in [0.1, 0.15) is 84.5 Å². The predicted molar refractivity (Wildman–Crippen MR) is 140 cm³/mol. The van der Waals surface area contributed by atoms with Gasteiger partial charge in [0.1, 0.15) is 5.76 Å². The molecule has 0 aliphatic heterocycles. The molecule has 2 unspecified atom stereocenters. The molecule has 4 bridgehead atoms. The van der Waals surface area contributed by atoms with Crippen LogP contribution in [-0.4, -0.2) is 20.8 Å². The Bertz CT molecular complexity index is 1300. The fourth-order valence-electron chi connectivity index (χ4n) is 8.70. The first kappa shape index (κ1) is 23.5. The molecule has 190 valence electrons. The zero-order chi connectivity index (χ0) is 25.2. The molecule has 2 aromatic heterocycles. The average Bonchev–Trinajstić information content (AvgIpc) is 3.27. The van der Waals surface area contributed by atoms with E-state index in [1.165, 1.54) is 48.8 Å². The lowest BCUT2D eigenvalue weighted by molar-refractivity contribution is -0.126. The molecule has 6 nitrogen and oxygen atoms in total. The van der Waals surface area contributed by atoms with E-state index < -0.39 is 0 Å². The smallest absolute Gasteiger partial charge is 0.225 e. The van der Waals surface area contributed by atoms with E-state index in [1.54, 1.807) is 0 Å². The van der Waals surface area contributed by atoms with E-state index >= 15 is 0 Å². The van der Waals surface area contributed by atoms with E-state index in [1.807, 2.05) is 11.6 Å². The minimum absolute atomic E-state index is 0.0727. The maximum Gasteiger partial charge on any atom is 0.225 e. The van der Waals surface area contributed by atoms with E-state index in [0.29, 0.717) is 24.8 Å². The molecule has 4 saturated carbocycles. The molecule has 1 N–H and O–H groups in total. The monoisotopic (exact) mass is 486 g/mol. The zero-order valence-corrected chi connectivity index (χ0v) is 22.3. The Morgan fingerprint density at radius 2 is 1.78 bits per heavy atom. The second kappa shape index (κ2) is 8.32. The van der Waals surface area contributed by atoms with Crippen molar-refractivity contribution in [3.05, 3.63) is 63.8 Å². The highest BCUT2D eigenvalue weighted by Gasteiger charge is 2.59. The number of amides is 1. The van der Waals surface area contributed by atoms with Crippen molar-refractivity contribution in [1.82, 2.24) is 14.9 Å². The van der Waals surface area contributed by atoms with Gasteiger partial charge in [0, 0.05) is 17.4 Å². The largest absolute Gasteiger partial charge is 0.361 e. The molecule has 2 heterocycles. The summed E-state index contributed by atoms with van der Waals surface area (Å²) in [7, 11) is 0. The molecule has 4 aliphatic rings. The summed E-state index contributed by atoms with van der Waals surface area (Å²) >= 11 is 0. The highest BCUT2D eigenvalue weighted by atomic mass is 16.5. The van der Waals surface area contributed by atoms with Crippen molar-refractivity contribution in [3.8, 4) is 0 Å². The predicted octanol–water partition coefficient (Wildman–Crippen LogP) is 6.33. The molecule has 7 rings (SSSR count). The van der Waals surface area contributed by atoms with Gasteiger partial charge in [0.2, 0.25) is 5.91 Å². The Balaban J connectivity index is 1.22. The summed E-state index contributed by atoms with van der Waals surface area (Å²) in [6.45, 7) is 11.0. The molecule has 0 saturated heterocycles. The topological polar surface area (TPSA) is 73.0 Å². The number of aryl methyl sites for hydroxylation is 4. The lowest BCUT2D eigenvalue weighted by Crippen LogP contribution is -2.55. The van der Waals surface area contributed by atoms with Crippen molar-refractivity contribution in [2.24, 2.45) is 17.3 Å². The highest BCUT2D eigenvalue weighted by molar-refractivity contribution is 5.92. The standard InChI is InChI=1S/C30H38N4O2/c1-18-8-6-7-9-25(18)16-34-21(4)28(20(3)32-34)31-26(35)15-29-11-23-10-24(12-29)14-30(13-23,17-29)27-19(2)33-36-22(27)5/h6-9,23-24H,10-17H2,1-5H3,(H,31,35)/t23-,24+,29?,30?. The van der Waals surface area contributed by atoms with Crippen LogP contribution in [0.4, 0.5) is 5.69 Å². The number of benzene rings is 1. The normalized spacial score (nSPS) is 28.6. The second-order valence-corrected chi connectivity index (χ2v) is 12.3. The summed E-state index contributed by atoms with van der Waals surface area (Å²) in [6, 6.07) is 8.40. The summed E-state index contributed by atoms with van der Waals surface area (Å²) < 4.78 is 7.64. The third kappa shape index (κ3) is 3.80. The first-order chi connectivity index (χ1) is 17.2. The van der Waals surface area contributed by atoms with Gasteiger partial charge in [-0.25, -0.2) is 0 Å². The number of nitrogens with one attached hydrogen (secondary N) is 1. The van der Waals surface area contributed by atoms with Gasteiger partial charge in [0.15, 0.2) is 0 Å². The highest BCUT2D eigenvalue weighted by Crippen LogP contribution is 2.67. The van der Waals surface area contributed by atoms with Gasteiger partial charge in [-0.3, -0.25) is 9.48 Å². The van der Waals surface area contributed by atoms with Crippen LogP contribution in [-0.2, 0) is 16.8 Å². The van der Waals surface area contributed by atoms with Crippen LogP contribution in [0.25, 0.3) is 0 Å². The van der Waals surface area contributed by atoms with Crippen LogP contribution in [0.3, 0.4) is 0 Å². The minimum atomic E-state index is 0.0727. The molecular formula is C30H38N4O2. The van der Waals surface area contributed by atoms with Crippen molar-refractivity contribution in [3.63, 3.8) is 0 Å². The van der Waals surface area contributed by atoms with Crippen LogP contribution in [0.2, 0.25) is 0 Å². The first-order valence-corrected chi connectivity index (χ1v) is 13.5. The van der Waals surface area contributed by atoms with Crippen LogP contribution >= 0.6 is 0 Å². The minimum Gasteiger partial charge on any atom is -0.361 e. The quantitative estimate of drug-likeness (QED) is 0.442. The van der Waals surface area contributed by atoms with Gasteiger partial charge in [-0.05, 0) is 102 Å². The number of nitrogens with zero attached hydrogens (tertiary/aromatic N) is 3. The number of hydrogen-bond acceptors (Lipinski definition) is 4. The van der Waals surface area contributed by atoms with E-state index in [4.69, 9.17) is 9.62 Å². The number of hydrogen-bond donors (Lipinski definition) is 1. The molecular weight excluding hydrogens is 448 g/mol. The molecule has 0 spiro atoms. The summed E-state index contributed by atoms with van der Waals surface area (Å²) in [4.78, 5) is 13.6. The second-order valence-electron chi connectivity index (χ2n) is 12.3. The third-order valence-corrected chi connectivity index (χ3v) is 9.51. The van der Waals surface area contributed by atoms with Gasteiger partial charge in [0.25, 0.3) is 0 Å². The molecule has 4 atom stereocenters. The van der Waals surface area contributed by atoms with Crippen molar-refractivity contribution >= 4 is 11.6 Å². The molecule has 3 aromatic rings. The summed E-state index contributed by atoms with van der Waals surface area (Å²) in [5.41, 5.74) is 7.86. The van der Waals surface area contributed by atoms with E-state index in [9.17, 15) is 4.79 Å². The van der Waals surface area contributed by atoms with Gasteiger partial charge < -0.3 is 9.84 Å².